The van der Waals surface area contributed by atoms with E-state index in [1.54, 1.807) is 0 Å². The third-order valence-corrected chi connectivity index (χ3v) is 4.86. The smallest absolute Gasteiger partial charge is 0.262 e. The van der Waals surface area contributed by atoms with Crippen LogP contribution in [-0.4, -0.2) is 12.5 Å². The second-order valence-corrected chi connectivity index (χ2v) is 9.80. The summed E-state index contributed by atoms with van der Waals surface area (Å²) in [5, 5.41) is 2.87. The van der Waals surface area contributed by atoms with Crippen molar-refractivity contribution in [2.45, 2.75) is 52.4 Å². The van der Waals surface area contributed by atoms with Crippen LogP contribution in [0.1, 0.15) is 52.7 Å². The molecular weight excluding hydrogens is 437 g/mol. The zero-order valence-electron chi connectivity index (χ0n) is 16.4. The lowest BCUT2D eigenvalue weighted by Gasteiger charge is -2.27. The van der Waals surface area contributed by atoms with E-state index in [9.17, 15) is 4.79 Å². The Kier molecular flexibility index (Phi) is 6.37. The lowest BCUT2D eigenvalue weighted by atomic mass is 9.80. The third-order valence-electron chi connectivity index (χ3n) is 4.14. The average Bonchev–Trinajstić information content (AvgIpc) is 2.53. The van der Waals surface area contributed by atoms with Crippen LogP contribution in [-0.2, 0) is 15.6 Å². The number of carbonyl (C=O) groups is 1. The highest BCUT2D eigenvalue weighted by Crippen LogP contribution is 2.35. The van der Waals surface area contributed by atoms with Crippen LogP contribution in [0, 0.1) is 3.57 Å². The van der Waals surface area contributed by atoms with Gasteiger partial charge in [-0.2, -0.15) is 0 Å². The summed E-state index contributed by atoms with van der Waals surface area (Å²) in [4.78, 5) is 12.2. The molecule has 1 amide bonds. The van der Waals surface area contributed by atoms with Gasteiger partial charge >= 0.3 is 0 Å². The van der Waals surface area contributed by atoms with Crippen LogP contribution in [0.25, 0.3) is 0 Å². The van der Waals surface area contributed by atoms with Crippen LogP contribution in [0.15, 0.2) is 42.5 Å². The number of hydrogen-bond donors (Lipinski definition) is 1. The van der Waals surface area contributed by atoms with Crippen molar-refractivity contribution in [1.29, 1.82) is 0 Å². The first kappa shape index (κ1) is 20.7. The van der Waals surface area contributed by atoms with E-state index >= 15 is 0 Å². The number of ether oxygens (including phenoxy) is 1. The maximum atomic E-state index is 12.2. The van der Waals surface area contributed by atoms with Gasteiger partial charge in [0.25, 0.3) is 5.91 Å². The zero-order valence-corrected chi connectivity index (χ0v) is 18.6. The molecule has 0 radical (unpaired) electrons. The third kappa shape index (κ3) is 5.73. The summed E-state index contributed by atoms with van der Waals surface area (Å²) in [6, 6.07) is 14.0. The second kappa shape index (κ2) is 7.99. The Morgan fingerprint density at radius 2 is 1.58 bits per heavy atom. The van der Waals surface area contributed by atoms with Gasteiger partial charge in [0.2, 0.25) is 0 Å². The van der Waals surface area contributed by atoms with Crippen molar-refractivity contribution < 1.29 is 9.53 Å². The van der Waals surface area contributed by atoms with Gasteiger partial charge in [0.05, 0.1) is 0 Å². The fourth-order valence-electron chi connectivity index (χ4n) is 2.58. The van der Waals surface area contributed by atoms with E-state index in [2.05, 4.69) is 81.6 Å². The minimum atomic E-state index is -0.161. The Bertz CT molecular complexity index is 768. The molecule has 0 aromatic heterocycles. The normalized spacial score (nSPS) is 12.0. The maximum Gasteiger partial charge on any atom is 0.262 e. The van der Waals surface area contributed by atoms with E-state index in [0.29, 0.717) is 0 Å². The van der Waals surface area contributed by atoms with Gasteiger partial charge in [-0.3, -0.25) is 4.79 Å². The summed E-state index contributed by atoms with van der Waals surface area (Å²) < 4.78 is 7.01. The highest BCUT2D eigenvalue weighted by molar-refractivity contribution is 14.1. The summed E-state index contributed by atoms with van der Waals surface area (Å²) in [5.74, 6) is 0.606. The molecule has 1 N–H and O–H groups in total. The van der Waals surface area contributed by atoms with Crippen LogP contribution in [0.2, 0.25) is 0 Å². The van der Waals surface area contributed by atoms with Crippen molar-refractivity contribution in [2.24, 2.45) is 0 Å². The fourth-order valence-corrected chi connectivity index (χ4v) is 2.94. The summed E-state index contributed by atoms with van der Waals surface area (Å²) in [5.41, 5.74) is 3.16. The van der Waals surface area contributed by atoms with Gasteiger partial charge in [0, 0.05) is 9.26 Å². The first-order valence-corrected chi connectivity index (χ1v) is 9.88. The first-order chi connectivity index (χ1) is 12.0. The number of nitrogens with one attached hydrogen (secondary N) is 1. The fraction of sp³-hybridized carbons (Fsp3) is 0.409. The zero-order chi connectivity index (χ0) is 19.5. The molecule has 0 bridgehead atoms. The number of anilines is 1. The quantitative estimate of drug-likeness (QED) is 0.571. The molecule has 0 heterocycles. The largest absolute Gasteiger partial charge is 0.483 e. The van der Waals surface area contributed by atoms with Crippen LogP contribution >= 0.6 is 22.6 Å². The number of rotatable bonds is 4. The number of amides is 1. The molecule has 3 nitrogen and oxygen atoms in total. The van der Waals surface area contributed by atoms with Gasteiger partial charge in [-0.15, -0.1) is 0 Å². The molecule has 0 unspecified atom stereocenters. The number of carbonyl (C=O) groups excluding carboxylic acids is 1. The van der Waals surface area contributed by atoms with Crippen LogP contribution in [0.3, 0.4) is 0 Å². The van der Waals surface area contributed by atoms with E-state index < -0.39 is 0 Å². The van der Waals surface area contributed by atoms with Crippen LogP contribution in [0.5, 0.6) is 5.75 Å². The van der Waals surface area contributed by atoms with Crippen molar-refractivity contribution >= 4 is 34.2 Å². The highest BCUT2D eigenvalue weighted by atomic mass is 127. The predicted octanol–water partition coefficient (Wildman–Crippen LogP) is 5.90. The van der Waals surface area contributed by atoms with E-state index in [-0.39, 0.29) is 23.3 Å². The summed E-state index contributed by atoms with van der Waals surface area (Å²) in [6.45, 7) is 13.1. The molecule has 2 rings (SSSR count). The second-order valence-electron chi connectivity index (χ2n) is 8.55. The molecule has 0 spiro atoms. The number of hydrogen-bond acceptors (Lipinski definition) is 2. The maximum absolute atomic E-state index is 12.2. The summed E-state index contributed by atoms with van der Waals surface area (Å²) >= 11 is 2.24. The van der Waals surface area contributed by atoms with Gasteiger partial charge in [-0.05, 0) is 74.9 Å². The lowest BCUT2D eigenvalue weighted by Crippen LogP contribution is -2.22. The average molecular weight is 465 g/mol. The molecule has 2 aromatic rings. The Balaban J connectivity index is 2.13. The molecular formula is C22H28INO2. The summed E-state index contributed by atoms with van der Waals surface area (Å²) in [6.07, 6.45) is 0. The van der Waals surface area contributed by atoms with Crippen LogP contribution in [0.4, 0.5) is 5.69 Å². The molecule has 0 saturated carbocycles. The van der Waals surface area contributed by atoms with Crippen molar-refractivity contribution in [1.82, 2.24) is 0 Å². The molecule has 2 aromatic carbocycles. The van der Waals surface area contributed by atoms with Gasteiger partial charge < -0.3 is 10.1 Å². The molecule has 0 fully saturated rings. The topological polar surface area (TPSA) is 38.3 Å². The van der Waals surface area contributed by atoms with Crippen molar-refractivity contribution in [3.63, 3.8) is 0 Å². The molecule has 0 aliphatic carbocycles. The highest BCUT2D eigenvalue weighted by Gasteiger charge is 2.23. The van der Waals surface area contributed by atoms with E-state index in [1.807, 2.05) is 30.3 Å². The SMILES string of the molecule is CC(C)(C)c1ccc(OCC(=O)Nc2ccc(I)cc2)c(C(C)(C)C)c1. The molecule has 0 aliphatic rings. The van der Waals surface area contributed by atoms with E-state index in [0.717, 1.165) is 20.6 Å². The van der Waals surface area contributed by atoms with Gasteiger partial charge in [0.1, 0.15) is 5.75 Å². The standard InChI is InChI=1S/C22H28INO2/c1-21(2,3)15-7-12-19(18(13-15)22(4,5)6)26-14-20(25)24-17-10-8-16(23)9-11-17/h7-13H,14H2,1-6H3,(H,24,25). The lowest BCUT2D eigenvalue weighted by molar-refractivity contribution is -0.118. The Labute approximate surface area is 170 Å². The number of halogens is 1. The first-order valence-electron chi connectivity index (χ1n) is 8.80. The van der Waals surface area contributed by atoms with Crippen molar-refractivity contribution in [2.75, 3.05) is 11.9 Å². The van der Waals surface area contributed by atoms with Crippen molar-refractivity contribution in [3.05, 3.63) is 57.2 Å². The molecule has 0 saturated heterocycles. The molecule has 0 aliphatic heterocycles. The minimum Gasteiger partial charge on any atom is -0.483 e. The van der Waals surface area contributed by atoms with Crippen molar-refractivity contribution in [3.8, 4) is 5.75 Å². The molecule has 0 atom stereocenters. The molecule has 4 heteroatoms. The minimum absolute atomic E-state index is 0.00999. The molecule has 26 heavy (non-hydrogen) atoms. The van der Waals surface area contributed by atoms with Crippen LogP contribution < -0.4 is 10.1 Å². The molecule has 140 valence electrons. The van der Waals surface area contributed by atoms with Gasteiger partial charge in [-0.25, -0.2) is 0 Å². The Morgan fingerprint density at radius 1 is 0.962 bits per heavy atom. The Morgan fingerprint density at radius 3 is 2.12 bits per heavy atom. The van der Waals surface area contributed by atoms with Gasteiger partial charge in [0.15, 0.2) is 6.61 Å². The Hall–Kier alpha value is -1.56. The number of benzene rings is 2. The summed E-state index contributed by atoms with van der Waals surface area (Å²) in [7, 11) is 0. The van der Waals surface area contributed by atoms with Gasteiger partial charge in [-0.1, -0.05) is 53.7 Å². The van der Waals surface area contributed by atoms with E-state index in [1.165, 1.54) is 5.56 Å². The predicted molar refractivity (Wildman–Crippen MR) is 117 cm³/mol. The monoisotopic (exact) mass is 465 g/mol. The van der Waals surface area contributed by atoms with E-state index in [4.69, 9.17) is 4.74 Å².